The van der Waals surface area contributed by atoms with Gasteiger partial charge in [0, 0.05) is 45.6 Å². The summed E-state index contributed by atoms with van der Waals surface area (Å²) in [5.74, 6) is 0.346. The zero-order valence-corrected chi connectivity index (χ0v) is 50.4. The van der Waals surface area contributed by atoms with Crippen LogP contribution in [-0.4, -0.2) is 15.0 Å². The lowest BCUT2D eigenvalue weighted by molar-refractivity contribution is 0.411. The fourth-order valence-corrected chi connectivity index (χ4v) is 19.0. The average molecular weight is 1080 g/mol. The first-order valence-electron chi connectivity index (χ1n) is 29.3. The summed E-state index contributed by atoms with van der Waals surface area (Å²) < 4.78 is 32.9. The molecular formula is C62H95NO2S6. The number of hydrogen-bond acceptors (Lipinski definition) is 7. The minimum atomic E-state index is -3.79. The monoisotopic (exact) mass is 1080 g/mol. The van der Waals surface area contributed by atoms with Crippen molar-refractivity contribution in [2.45, 2.75) is 265 Å². The minimum absolute atomic E-state index is 0.346. The topological polar surface area (TPSA) is 37.4 Å². The van der Waals surface area contributed by atoms with Crippen LogP contribution in [0.2, 0.25) is 0 Å². The zero-order chi connectivity index (χ0) is 50.3. The van der Waals surface area contributed by atoms with Crippen LogP contribution in [0.3, 0.4) is 0 Å². The maximum atomic E-state index is 15.5. The smallest absolute Gasteiger partial charge is 0.264 e. The molecule has 1 unspecified atom stereocenters. The number of sulfonamides is 1. The summed E-state index contributed by atoms with van der Waals surface area (Å²) in [6.45, 7) is 14.2. The van der Waals surface area contributed by atoms with Crippen LogP contribution in [0.25, 0.3) is 39.0 Å². The molecule has 0 amide bonds. The lowest BCUT2D eigenvalue weighted by atomic mass is 9.94. The van der Waals surface area contributed by atoms with E-state index in [1.54, 1.807) is 11.3 Å². The summed E-state index contributed by atoms with van der Waals surface area (Å²) >= 11 is 9.31. The number of rotatable bonds is 39. The molecule has 0 saturated heterocycles. The predicted octanol–water partition coefficient (Wildman–Crippen LogP) is 23.1. The van der Waals surface area contributed by atoms with Gasteiger partial charge in [-0.05, 0) is 106 Å². The van der Waals surface area contributed by atoms with E-state index in [0.29, 0.717) is 17.4 Å². The molecule has 0 aliphatic carbocycles. The second-order valence-electron chi connectivity index (χ2n) is 21.4. The van der Waals surface area contributed by atoms with Crippen LogP contribution in [0.15, 0.2) is 41.3 Å². The molecule has 1 atom stereocenters. The van der Waals surface area contributed by atoms with Gasteiger partial charge in [-0.3, -0.25) is 4.31 Å². The van der Waals surface area contributed by atoms with Gasteiger partial charge in [0.1, 0.15) is 4.90 Å². The quantitative estimate of drug-likeness (QED) is 0.0368. The fraction of sp³-hybridized carbons (Fsp3) is 0.677. The van der Waals surface area contributed by atoms with E-state index in [2.05, 4.69) is 77.9 Å². The molecule has 1 aliphatic heterocycles. The summed E-state index contributed by atoms with van der Waals surface area (Å²) in [7, 11) is -3.79. The maximum Gasteiger partial charge on any atom is 0.265 e. The summed E-state index contributed by atoms with van der Waals surface area (Å²) in [6, 6.07) is 13.9. The minimum Gasteiger partial charge on any atom is -0.264 e. The molecule has 71 heavy (non-hydrogen) atoms. The third-order valence-electron chi connectivity index (χ3n) is 15.1. The van der Waals surface area contributed by atoms with Crippen molar-refractivity contribution in [3.8, 4) is 39.0 Å². The number of anilines is 1. The highest BCUT2D eigenvalue weighted by atomic mass is 32.2. The summed E-state index contributed by atoms with van der Waals surface area (Å²) in [5.41, 5.74) is 3.79. The van der Waals surface area contributed by atoms with Crippen LogP contribution in [0.5, 0.6) is 0 Å². The van der Waals surface area contributed by atoms with Crippen LogP contribution < -0.4 is 4.31 Å². The lowest BCUT2D eigenvalue weighted by Gasteiger charge is -2.32. The molecule has 0 bridgehead atoms. The number of unbranched alkanes of at least 4 members (excludes halogenated alkanes) is 26. The van der Waals surface area contributed by atoms with E-state index in [0.717, 1.165) is 41.1 Å². The third-order valence-corrected chi connectivity index (χ3v) is 23.3. The maximum absolute atomic E-state index is 15.5. The number of hydrogen-bond donors (Lipinski definition) is 0. The molecule has 5 aromatic heterocycles. The van der Waals surface area contributed by atoms with E-state index < -0.39 is 10.0 Å². The lowest BCUT2D eigenvalue weighted by Crippen LogP contribution is -2.37. The molecule has 0 saturated carbocycles. The van der Waals surface area contributed by atoms with Gasteiger partial charge >= 0.3 is 0 Å². The number of nitrogens with zero attached hydrogens (tertiary/aromatic N) is 1. The second kappa shape index (κ2) is 32.0. The van der Waals surface area contributed by atoms with Gasteiger partial charge in [-0.25, -0.2) is 8.42 Å². The van der Waals surface area contributed by atoms with Crippen molar-refractivity contribution in [1.82, 2.24) is 0 Å². The zero-order valence-electron chi connectivity index (χ0n) is 45.5. The number of aryl methyl sites for hydroxylation is 4. The molecule has 6 rings (SSSR count). The fourth-order valence-electron chi connectivity index (χ4n) is 10.8. The van der Waals surface area contributed by atoms with Gasteiger partial charge in [-0.2, -0.15) is 0 Å². The third kappa shape index (κ3) is 17.9. The van der Waals surface area contributed by atoms with E-state index >= 15 is 8.42 Å². The highest BCUT2D eigenvalue weighted by Gasteiger charge is 2.40. The Morgan fingerprint density at radius 1 is 0.408 bits per heavy atom. The molecule has 0 radical (unpaired) electrons. The Morgan fingerprint density at radius 3 is 1.37 bits per heavy atom. The Bertz CT molecular complexity index is 2350. The normalized spacial score (nSPS) is 13.6. The largest absolute Gasteiger partial charge is 0.265 e. The Kier molecular flexibility index (Phi) is 26.4. The van der Waals surface area contributed by atoms with Gasteiger partial charge in [-0.15, -0.1) is 56.7 Å². The van der Waals surface area contributed by atoms with Gasteiger partial charge in [0.15, 0.2) is 0 Å². The summed E-state index contributed by atoms with van der Waals surface area (Å²) in [6.07, 6.45) is 43.5. The van der Waals surface area contributed by atoms with Gasteiger partial charge in [0.05, 0.1) is 15.4 Å². The summed E-state index contributed by atoms with van der Waals surface area (Å²) in [5, 5.41) is 0. The Morgan fingerprint density at radius 2 is 0.845 bits per heavy atom. The molecule has 0 fully saturated rings. The first-order valence-corrected chi connectivity index (χ1v) is 34.8. The molecule has 6 heterocycles. The molecule has 0 N–H and O–H groups in total. The molecule has 396 valence electrons. The molecule has 5 aromatic rings. The number of thiophene rings is 5. The van der Waals surface area contributed by atoms with Gasteiger partial charge in [-0.1, -0.05) is 207 Å². The highest BCUT2D eigenvalue weighted by Crippen LogP contribution is 2.57. The van der Waals surface area contributed by atoms with E-state index in [1.165, 1.54) is 243 Å². The SMILES string of the molecule is CCCCCCCCCCCCc1cc(C)sc1-c1cc2c(s1)-c1sc(-c3sc(-c4ccc(C)s4)cc3CCCCCCCCCCCC)cc1N(CC(CCCCCC)CCCCCCCC)S2(=O)=O. The van der Waals surface area contributed by atoms with Crippen molar-refractivity contribution in [2.75, 3.05) is 10.8 Å². The van der Waals surface area contributed by atoms with Crippen molar-refractivity contribution >= 4 is 72.4 Å². The van der Waals surface area contributed by atoms with Gasteiger partial charge < -0.3 is 0 Å². The molecule has 0 spiro atoms. The van der Waals surface area contributed by atoms with Gasteiger partial charge in [0.25, 0.3) is 10.0 Å². The van der Waals surface area contributed by atoms with Crippen LogP contribution in [0.1, 0.15) is 254 Å². The molecule has 9 heteroatoms. The van der Waals surface area contributed by atoms with Crippen molar-refractivity contribution in [3.05, 3.63) is 57.3 Å². The van der Waals surface area contributed by atoms with Crippen molar-refractivity contribution < 1.29 is 8.42 Å². The van der Waals surface area contributed by atoms with Crippen LogP contribution in [0, 0.1) is 19.8 Å². The molecule has 0 aromatic carbocycles. The van der Waals surface area contributed by atoms with Crippen LogP contribution in [0.4, 0.5) is 5.69 Å². The van der Waals surface area contributed by atoms with Crippen molar-refractivity contribution in [1.29, 1.82) is 0 Å². The average Bonchev–Trinajstić information content (AvgIpc) is 4.22. The Balaban J connectivity index is 1.30. The Hall–Kier alpha value is -1.75. The second-order valence-corrected chi connectivity index (χ2v) is 28.9. The highest BCUT2D eigenvalue weighted by molar-refractivity contribution is 7.93. The van der Waals surface area contributed by atoms with Crippen molar-refractivity contribution in [2.24, 2.45) is 5.92 Å². The first kappa shape index (κ1) is 58.5. The van der Waals surface area contributed by atoms with E-state index in [9.17, 15) is 0 Å². The predicted molar refractivity (Wildman–Crippen MR) is 323 cm³/mol. The van der Waals surface area contributed by atoms with Crippen LogP contribution >= 0.6 is 56.7 Å². The molecular weight excluding hydrogens is 983 g/mol. The molecule has 3 nitrogen and oxygen atoms in total. The molecule has 1 aliphatic rings. The van der Waals surface area contributed by atoms with E-state index in [-0.39, 0.29) is 0 Å². The van der Waals surface area contributed by atoms with E-state index in [1.807, 2.05) is 49.7 Å². The number of fused-ring (bicyclic) bond motifs is 3. The first-order chi connectivity index (χ1) is 34.7. The van der Waals surface area contributed by atoms with E-state index in [4.69, 9.17) is 0 Å². The summed E-state index contributed by atoms with van der Waals surface area (Å²) in [4.78, 5) is 13.1. The Labute approximate surface area is 455 Å². The van der Waals surface area contributed by atoms with Gasteiger partial charge in [0.2, 0.25) is 0 Å². The van der Waals surface area contributed by atoms with Crippen molar-refractivity contribution in [3.63, 3.8) is 0 Å². The van der Waals surface area contributed by atoms with Crippen LogP contribution in [-0.2, 0) is 22.9 Å². The standard InChI is InChI=1S/C62H95NO2S6/c1-7-11-15-19-22-24-26-28-31-35-39-51-43-49(6)67-59(51)57-46-58-62(70-57)61-53(63(71(58,64)65)47-50(37-33-18-14-10-4)38-34-30-21-17-13-9-3)45-56(69-61)60-52(44-55(68-60)54-42-41-48(5)66-54)40-36-32-29-27-25-23-20-16-12-8-2/h41-46,50H,7-40,47H2,1-6H3.